The van der Waals surface area contributed by atoms with Crippen molar-refractivity contribution >= 4 is 32.6 Å². The van der Waals surface area contributed by atoms with Crippen LogP contribution in [0.5, 0.6) is 0 Å². The highest BCUT2D eigenvalue weighted by Gasteiger charge is 2.45. The molecule has 2 aliphatic heterocycles. The van der Waals surface area contributed by atoms with Crippen molar-refractivity contribution in [2.75, 3.05) is 18.0 Å². The summed E-state index contributed by atoms with van der Waals surface area (Å²) in [6.07, 6.45) is 1.97. The van der Waals surface area contributed by atoms with E-state index in [1.807, 2.05) is 6.07 Å². The molecule has 2 saturated heterocycles. The van der Waals surface area contributed by atoms with E-state index >= 15 is 0 Å². The van der Waals surface area contributed by atoms with E-state index < -0.39 is 6.09 Å². The van der Waals surface area contributed by atoms with Gasteiger partial charge in [-0.15, -0.1) is 11.3 Å². The molecular weight excluding hydrogens is 262 g/mol. The second-order valence-corrected chi connectivity index (χ2v) is 6.16. The van der Waals surface area contributed by atoms with Gasteiger partial charge in [-0.1, -0.05) is 0 Å². The second kappa shape index (κ2) is 3.84. The number of hydrogen-bond donors (Lipinski definition) is 1. The first-order valence-corrected chi connectivity index (χ1v) is 7.15. The Balaban J connectivity index is 1.64. The summed E-state index contributed by atoms with van der Waals surface area (Å²) in [5.74, 6) is 0. The fourth-order valence-corrected chi connectivity index (χ4v) is 4.27. The zero-order valence-corrected chi connectivity index (χ0v) is 11.0. The van der Waals surface area contributed by atoms with Crippen molar-refractivity contribution in [1.82, 2.24) is 9.88 Å². The molecular formula is C13H13N3O2S. The monoisotopic (exact) mass is 275 g/mol. The van der Waals surface area contributed by atoms with Gasteiger partial charge in [0, 0.05) is 25.3 Å². The number of carboxylic acid groups (broad SMARTS) is 1. The molecule has 0 aromatic carbocycles. The molecule has 6 heteroatoms. The molecule has 2 aliphatic rings. The Morgan fingerprint density at radius 3 is 3.00 bits per heavy atom. The Morgan fingerprint density at radius 2 is 2.32 bits per heavy atom. The number of amides is 1. The summed E-state index contributed by atoms with van der Waals surface area (Å²) in [5.41, 5.74) is 1.03. The van der Waals surface area contributed by atoms with Gasteiger partial charge in [-0.3, -0.25) is 4.98 Å². The van der Waals surface area contributed by atoms with Crippen LogP contribution >= 0.6 is 11.3 Å². The number of piperazine rings is 1. The normalized spacial score (nSPS) is 25.5. The van der Waals surface area contributed by atoms with Crippen LogP contribution in [0.4, 0.5) is 9.80 Å². The van der Waals surface area contributed by atoms with Gasteiger partial charge in [0.1, 0.15) is 0 Å². The molecule has 19 heavy (non-hydrogen) atoms. The lowest BCUT2D eigenvalue weighted by atomic mass is 10.2. The van der Waals surface area contributed by atoms with Crippen molar-refractivity contribution in [3.63, 3.8) is 0 Å². The Labute approximate surface area is 114 Å². The quantitative estimate of drug-likeness (QED) is 0.867. The van der Waals surface area contributed by atoms with Crippen molar-refractivity contribution in [2.45, 2.75) is 18.5 Å². The van der Waals surface area contributed by atoms with E-state index in [0.29, 0.717) is 12.6 Å². The maximum Gasteiger partial charge on any atom is 0.407 e. The molecule has 2 bridgehead atoms. The molecule has 5 nitrogen and oxygen atoms in total. The molecule has 2 fully saturated rings. The average Bonchev–Trinajstić information content (AvgIpc) is 3.10. The molecule has 2 aromatic rings. The minimum absolute atomic E-state index is 0.153. The van der Waals surface area contributed by atoms with E-state index in [9.17, 15) is 4.79 Å². The van der Waals surface area contributed by atoms with Crippen molar-refractivity contribution < 1.29 is 9.90 Å². The van der Waals surface area contributed by atoms with Crippen molar-refractivity contribution in [3.05, 3.63) is 24.4 Å². The van der Waals surface area contributed by atoms with Gasteiger partial charge in [0.05, 0.1) is 21.3 Å². The van der Waals surface area contributed by atoms with Crippen LogP contribution in [0.25, 0.3) is 10.2 Å². The highest BCUT2D eigenvalue weighted by Crippen LogP contribution is 2.39. The number of pyridine rings is 1. The fraction of sp³-hybridized carbons (Fsp3) is 0.385. The lowest BCUT2D eigenvalue weighted by Gasteiger charge is -2.33. The standard InChI is InChI=1S/C13H13N3O2S/c17-13(18)16-7-8-4-9(16)6-15(8)12-5-10-11(19-12)2-1-3-14-10/h1-3,5,8-9H,4,6-7H2,(H,17,18)/t8-,9-/m1/s1. The summed E-state index contributed by atoms with van der Waals surface area (Å²) >= 11 is 1.74. The number of carbonyl (C=O) groups is 1. The third-order valence-corrected chi connectivity index (χ3v) is 5.17. The van der Waals surface area contributed by atoms with Gasteiger partial charge in [-0.2, -0.15) is 0 Å². The summed E-state index contributed by atoms with van der Waals surface area (Å²) in [7, 11) is 0. The van der Waals surface area contributed by atoms with Crippen LogP contribution in [0.15, 0.2) is 24.4 Å². The molecule has 4 heterocycles. The Kier molecular flexibility index (Phi) is 2.23. The SMILES string of the molecule is O=C(O)N1C[C@H]2C[C@@H]1CN2c1cc2ncccc2s1. The van der Waals surface area contributed by atoms with Crippen LogP contribution < -0.4 is 4.90 Å². The van der Waals surface area contributed by atoms with Crippen LogP contribution in [-0.4, -0.2) is 46.3 Å². The summed E-state index contributed by atoms with van der Waals surface area (Å²) in [6, 6.07) is 6.63. The summed E-state index contributed by atoms with van der Waals surface area (Å²) in [4.78, 5) is 19.4. The molecule has 0 saturated carbocycles. The van der Waals surface area contributed by atoms with Gasteiger partial charge in [0.2, 0.25) is 0 Å². The molecule has 0 radical (unpaired) electrons. The topological polar surface area (TPSA) is 56.7 Å². The van der Waals surface area contributed by atoms with Crippen molar-refractivity contribution in [3.8, 4) is 0 Å². The molecule has 2 aromatic heterocycles. The Bertz CT molecular complexity index is 623. The number of anilines is 1. The van der Waals surface area contributed by atoms with E-state index in [4.69, 9.17) is 5.11 Å². The van der Waals surface area contributed by atoms with E-state index in [-0.39, 0.29) is 6.04 Å². The number of thiophene rings is 1. The minimum atomic E-state index is -0.787. The third kappa shape index (κ3) is 1.59. The highest BCUT2D eigenvalue weighted by atomic mass is 32.1. The number of likely N-dealkylation sites (tertiary alicyclic amines) is 1. The molecule has 4 rings (SSSR count). The summed E-state index contributed by atoms with van der Waals surface area (Å²) in [6.45, 7) is 1.44. The third-order valence-electron chi connectivity index (χ3n) is 4.04. The van der Waals surface area contributed by atoms with E-state index in [2.05, 4.69) is 22.0 Å². The summed E-state index contributed by atoms with van der Waals surface area (Å²) < 4.78 is 1.19. The largest absolute Gasteiger partial charge is 0.465 e. The first-order valence-electron chi connectivity index (χ1n) is 6.33. The average molecular weight is 275 g/mol. The maximum atomic E-state index is 11.1. The molecule has 0 spiro atoms. The predicted molar refractivity (Wildman–Crippen MR) is 73.9 cm³/mol. The van der Waals surface area contributed by atoms with Crippen molar-refractivity contribution in [2.24, 2.45) is 0 Å². The van der Waals surface area contributed by atoms with Gasteiger partial charge in [-0.25, -0.2) is 4.79 Å². The zero-order valence-electron chi connectivity index (χ0n) is 10.2. The number of rotatable bonds is 1. The van der Waals surface area contributed by atoms with E-state index in [1.54, 1.807) is 22.4 Å². The smallest absolute Gasteiger partial charge is 0.407 e. The zero-order chi connectivity index (χ0) is 13.0. The van der Waals surface area contributed by atoms with Gasteiger partial charge in [0.15, 0.2) is 0 Å². The molecule has 0 aliphatic carbocycles. The van der Waals surface area contributed by atoms with Crippen LogP contribution in [0.3, 0.4) is 0 Å². The molecule has 1 N–H and O–H groups in total. The number of fused-ring (bicyclic) bond motifs is 3. The fourth-order valence-electron chi connectivity index (χ4n) is 3.17. The second-order valence-electron chi connectivity index (χ2n) is 5.10. The molecule has 0 unspecified atom stereocenters. The minimum Gasteiger partial charge on any atom is -0.465 e. The van der Waals surface area contributed by atoms with Gasteiger partial charge < -0.3 is 14.9 Å². The molecule has 1 amide bonds. The number of aromatic nitrogens is 1. The number of hydrogen-bond acceptors (Lipinski definition) is 4. The Morgan fingerprint density at radius 1 is 1.42 bits per heavy atom. The van der Waals surface area contributed by atoms with Crippen LogP contribution in [0, 0.1) is 0 Å². The lowest BCUT2D eigenvalue weighted by Crippen LogP contribution is -2.48. The first-order chi connectivity index (χ1) is 9.22. The number of nitrogens with zero attached hydrogens (tertiary/aromatic N) is 3. The van der Waals surface area contributed by atoms with E-state index in [0.717, 1.165) is 18.5 Å². The highest BCUT2D eigenvalue weighted by molar-refractivity contribution is 7.22. The van der Waals surface area contributed by atoms with Gasteiger partial charge in [0.25, 0.3) is 0 Å². The summed E-state index contributed by atoms with van der Waals surface area (Å²) in [5, 5.41) is 10.3. The Hall–Kier alpha value is -1.82. The van der Waals surface area contributed by atoms with Gasteiger partial charge in [-0.05, 0) is 24.6 Å². The van der Waals surface area contributed by atoms with Gasteiger partial charge >= 0.3 is 6.09 Å². The van der Waals surface area contributed by atoms with Crippen LogP contribution in [0.2, 0.25) is 0 Å². The van der Waals surface area contributed by atoms with E-state index in [1.165, 1.54) is 9.70 Å². The molecule has 2 atom stereocenters. The maximum absolute atomic E-state index is 11.1. The van der Waals surface area contributed by atoms with Crippen LogP contribution in [0.1, 0.15) is 6.42 Å². The molecule has 98 valence electrons. The van der Waals surface area contributed by atoms with Crippen LogP contribution in [-0.2, 0) is 0 Å². The first kappa shape index (κ1) is 11.0. The lowest BCUT2D eigenvalue weighted by molar-refractivity contribution is 0.137. The predicted octanol–water partition coefficient (Wildman–Crippen LogP) is 2.24. The van der Waals surface area contributed by atoms with Crippen molar-refractivity contribution in [1.29, 1.82) is 0 Å².